The molecule has 4 nitrogen and oxygen atoms in total. The number of hydrogen-bond acceptors (Lipinski definition) is 3. The Morgan fingerprint density at radius 3 is 2.72 bits per heavy atom. The molecule has 3 aromatic rings. The van der Waals surface area contributed by atoms with Crippen LogP contribution in [0, 0.1) is 6.92 Å². The van der Waals surface area contributed by atoms with E-state index < -0.39 is 0 Å². The maximum absolute atomic E-state index is 9.57. The van der Waals surface area contributed by atoms with Crippen LogP contribution in [0.3, 0.4) is 0 Å². The zero-order valence-corrected chi connectivity index (χ0v) is 15.2. The van der Waals surface area contributed by atoms with Crippen LogP contribution in [0.25, 0.3) is 11.0 Å². The lowest BCUT2D eigenvalue weighted by Gasteiger charge is -2.15. The van der Waals surface area contributed by atoms with Crippen LogP contribution in [-0.2, 0) is 13.2 Å². The third-order valence-electron chi connectivity index (χ3n) is 4.45. The molecule has 3 rings (SSSR count). The van der Waals surface area contributed by atoms with Crippen LogP contribution in [0.2, 0.25) is 0 Å². The molecule has 132 valence electrons. The number of aliphatic hydroxyl groups is 1. The van der Waals surface area contributed by atoms with Gasteiger partial charge in [-0.3, -0.25) is 0 Å². The first-order chi connectivity index (χ1) is 12.1. The highest BCUT2D eigenvalue weighted by atomic mass is 16.5. The molecule has 0 bridgehead atoms. The largest absolute Gasteiger partial charge is 0.493 e. The van der Waals surface area contributed by atoms with Crippen LogP contribution < -0.4 is 4.74 Å². The predicted molar refractivity (Wildman–Crippen MR) is 101 cm³/mol. The number of fused-ring (bicyclic) bond motifs is 1. The zero-order chi connectivity index (χ0) is 17.8. The van der Waals surface area contributed by atoms with Crippen molar-refractivity contribution in [3.8, 4) is 5.75 Å². The van der Waals surface area contributed by atoms with E-state index in [9.17, 15) is 5.11 Å². The highest BCUT2D eigenvalue weighted by Gasteiger charge is 2.10. The Bertz CT molecular complexity index is 852. The summed E-state index contributed by atoms with van der Waals surface area (Å²) in [4.78, 5) is 4.49. The first-order valence-electron chi connectivity index (χ1n) is 8.88. The maximum Gasteiger partial charge on any atom is 0.135 e. The van der Waals surface area contributed by atoms with Crippen LogP contribution in [0.4, 0.5) is 0 Å². The average molecular weight is 338 g/mol. The minimum atomic E-state index is -0.0507. The second-order valence-corrected chi connectivity index (χ2v) is 6.72. The summed E-state index contributed by atoms with van der Waals surface area (Å²) < 4.78 is 8.15. The van der Waals surface area contributed by atoms with Crippen molar-refractivity contribution >= 4 is 11.0 Å². The van der Waals surface area contributed by atoms with Crippen molar-refractivity contribution in [1.29, 1.82) is 0 Å². The summed E-state index contributed by atoms with van der Waals surface area (Å²) in [6.45, 7) is 7.82. The van der Waals surface area contributed by atoms with E-state index in [0.29, 0.717) is 18.3 Å². The third-order valence-corrected chi connectivity index (χ3v) is 4.45. The molecule has 0 fully saturated rings. The molecule has 0 aliphatic heterocycles. The van der Waals surface area contributed by atoms with E-state index in [0.717, 1.165) is 29.7 Å². The molecule has 0 aliphatic rings. The van der Waals surface area contributed by atoms with Gasteiger partial charge in [0.05, 0.1) is 17.6 Å². The number of hydrogen-bond donors (Lipinski definition) is 1. The molecule has 0 unspecified atom stereocenters. The highest BCUT2D eigenvalue weighted by Crippen LogP contribution is 2.27. The Labute approximate surface area is 149 Å². The molecular formula is C21H26N2O2. The molecule has 0 spiro atoms. The Kier molecular flexibility index (Phi) is 5.39. The molecule has 4 heteroatoms. The number of ether oxygens (including phenoxy) is 1. The normalized spacial score (nSPS) is 11.4. The summed E-state index contributed by atoms with van der Waals surface area (Å²) in [6.07, 6.45) is 0.860. The van der Waals surface area contributed by atoms with E-state index >= 15 is 0 Å². The van der Waals surface area contributed by atoms with Crippen molar-refractivity contribution in [3.63, 3.8) is 0 Å². The van der Waals surface area contributed by atoms with Crippen molar-refractivity contribution < 1.29 is 9.84 Å². The second-order valence-electron chi connectivity index (χ2n) is 6.72. The standard InChI is InChI=1S/C21H26N2O2/c1-15(2)17-10-9-16(3)13-20(17)25-12-6-11-23-19-8-5-4-7-18(19)22-21(23)14-24/h4-5,7-10,13,15,24H,6,11-12,14H2,1-3H3. The Morgan fingerprint density at radius 1 is 1.16 bits per heavy atom. The summed E-state index contributed by atoms with van der Waals surface area (Å²) in [7, 11) is 0. The lowest BCUT2D eigenvalue weighted by atomic mass is 10.0. The number of aromatic nitrogens is 2. The van der Waals surface area contributed by atoms with E-state index in [1.165, 1.54) is 11.1 Å². The Balaban J connectivity index is 1.68. The molecule has 0 saturated carbocycles. The van der Waals surface area contributed by atoms with Gasteiger partial charge < -0.3 is 14.4 Å². The molecular weight excluding hydrogens is 312 g/mol. The average Bonchev–Trinajstić information content (AvgIpc) is 2.96. The number of nitrogens with zero attached hydrogens (tertiary/aromatic N) is 2. The van der Waals surface area contributed by atoms with E-state index in [1.807, 2.05) is 24.3 Å². The highest BCUT2D eigenvalue weighted by molar-refractivity contribution is 5.75. The maximum atomic E-state index is 9.57. The molecule has 1 aromatic heterocycles. The van der Waals surface area contributed by atoms with Crippen LogP contribution in [-0.4, -0.2) is 21.3 Å². The van der Waals surface area contributed by atoms with Crippen molar-refractivity contribution in [2.45, 2.75) is 46.3 Å². The topological polar surface area (TPSA) is 47.3 Å². The molecule has 1 N–H and O–H groups in total. The van der Waals surface area contributed by atoms with Gasteiger partial charge in [-0.1, -0.05) is 38.1 Å². The molecule has 0 aliphatic carbocycles. The minimum absolute atomic E-state index is 0.0507. The number of aliphatic hydroxyl groups excluding tert-OH is 1. The molecule has 2 aromatic carbocycles. The van der Waals surface area contributed by atoms with Gasteiger partial charge in [0.25, 0.3) is 0 Å². The first kappa shape index (κ1) is 17.5. The monoisotopic (exact) mass is 338 g/mol. The van der Waals surface area contributed by atoms with E-state index in [4.69, 9.17) is 4.74 Å². The van der Waals surface area contributed by atoms with Gasteiger partial charge >= 0.3 is 0 Å². The van der Waals surface area contributed by atoms with Crippen molar-refractivity contribution in [1.82, 2.24) is 9.55 Å². The number of para-hydroxylation sites is 2. The minimum Gasteiger partial charge on any atom is -0.493 e. The fourth-order valence-corrected chi connectivity index (χ4v) is 3.14. The quantitative estimate of drug-likeness (QED) is 0.648. The first-order valence-corrected chi connectivity index (χ1v) is 8.88. The van der Waals surface area contributed by atoms with E-state index in [-0.39, 0.29) is 6.61 Å². The SMILES string of the molecule is Cc1ccc(C(C)C)c(OCCCn2c(CO)nc3ccccc32)c1. The lowest BCUT2D eigenvalue weighted by molar-refractivity contribution is 0.260. The van der Waals surface area contributed by atoms with Gasteiger partial charge in [0.15, 0.2) is 0 Å². The summed E-state index contributed by atoms with van der Waals surface area (Å²) in [5.41, 5.74) is 4.44. The summed E-state index contributed by atoms with van der Waals surface area (Å²) in [6, 6.07) is 14.4. The van der Waals surface area contributed by atoms with Crippen molar-refractivity contribution in [2.75, 3.05) is 6.61 Å². The Hall–Kier alpha value is -2.33. The number of aryl methyl sites for hydroxylation is 2. The van der Waals surface area contributed by atoms with E-state index in [1.54, 1.807) is 0 Å². The molecule has 0 radical (unpaired) electrons. The van der Waals surface area contributed by atoms with Gasteiger partial charge in [0.1, 0.15) is 18.2 Å². The van der Waals surface area contributed by atoms with Crippen molar-refractivity contribution in [2.24, 2.45) is 0 Å². The third kappa shape index (κ3) is 3.85. The summed E-state index contributed by atoms with van der Waals surface area (Å²) >= 11 is 0. The second kappa shape index (κ2) is 7.70. The van der Waals surface area contributed by atoms with Crippen LogP contribution in [0.15, 0.2) is 42.5 Å². The Morgan fingerprint density at radius 2 is 1.96 bits per heavy atom. The van der Waals surface area contributed by atoms with Gasteiger partial charge in [-0.15, -0.1) is 0 Å². The van der Waals surface area contributed by atoms with E-state index in [2.05, 4.69) is 48.5 Å². The van der Waals surface area contributed by atoms with Gasteiger partial charge in [0.2, 0.25) is 0 Å². The van der Waals surface area contributed by atoms with Crippen LogP contribution >= 0.6 is 0 Å². The fourth-order valence-electron chi connectivity index (χ4n) is 3.14. The summed E-state index contributed by atoms with van der Waals surface area (Å²) in [5.74, 6) is 2.13. The van der Waals surface area contributed by atoms with Crippen LogP contribution in [0.1, 0.15) is 43.1 Å². The molecule has 25 heavy (non-hydrogen) atoms. The molecule has 0 amide bonds. The molecule has 0 saturated heterocycles. The smallest absolute Gasteiger partial charge is 0.135 e. The lowest BCUT2D eigenvalue weighted by Crippen LogP contribution is -2.09. The van der Waals surface area contributed by atoms with Gasteiger partial charge in [-0.25, -0.2) is 4.98 Å². The summed E-state index contributed by atoms with van der Waals surface area (Å²) in [5, 5.41) is 9.57. The number of imidazole rings is 1. The van der Waals surface area contributed by atoms with Crippen molar-refractivity contribution in [3.05, 3.63) is 59.4 Å². The van der Waals surface area contributed by atoms with Crippen LogP contribution in [0.5, 0.6) is 5.75 Å². The van der Waals surface area contributed by atoms with Gasteiger partial charge in [-0.2, -0.15) is 0 Å². The number of benzene rings is 2. The molecule has 0 atom stereocenters. The van der Waals surface area contributed by atoms with Gasteiger partial charge in [0, 0.05) is 6.54 Å². The zero-order valence-electron chi connectivity index (χ0n) is 15.2. The fraction of sp³-hybridized carbons (Fsp3) is 0.381. The van der Waals surface area contributed by atoms with Gasteiger partial charge in [-0.05, 0) is 48.6 Å². The molecule has 1 heterocycles. The number of rotatable bonds is 7. The predicted octanol–water partition coefficient (Wildman–Crippen LogP) is 4.43.